The highest BCUT2D eigenvalue weighted by molar-refractivity contribution is 7.90. The average Bonchev–Trinajstić information content (AvgIpc) is 3.12. The summed E-state index contributed by atoms with van der Waals surface area (Å²) in [5, 5.41) is 13.7. The van der Waals surface area contributed by atoms with Gasteiger partial charge in [0, 0.05) is 42.6 Å². The molecule has 0 saturated carbocycles. The normalized spacial score (nSPS) is 13.9. The van der Waals surface area contributed by atoms with E-state index in [2.05, 4.69) is 5.32 Å². The van der Waals surface area contributed by atoms with Crippen molar-refractivity contribution in [2.75, 3.05) is 30.1 Å². The molecule has 0 radical (unpaired) electrons. The number of amides is 2. The topological polar surface area (TPSA) is 136 Å². The van der Waals surface area contributed by atoms with Gasteiger partial charge >= 0.3 is 0 Å². The first-order valence-corrected chi connectivity index (χ1v) is 10.8. The number of methoxy groups -OCH3 is 1. The fourth-order valence-corrected chi connectivity index (χ4v) is 3.79. The number of sulfone groups is 1. The second kappa shape index (κ2) is 8.11. The molecule has 11 heteroatoms. The number of ether oxygens (including phenoxy) is 1. The van der Waals surface area contributed by atoms with Crippen LogP contribution in [0.1, 0.15) is 23.2 Å². The zero-order valence-corrected chi connectivity index (χ0v) is 17.1. The van der Waals surface area contributed by atoms with Crippen LogP contribution in [0.5, 0.6) is 5.75 Å². The predicted molar refractivity (Wildman–Crippen MR) is 109 cm³/mol. The number of nitrogens with one attached hydrogen (secondary N) is 1. The lowest BCUT2D eigenvalue weighted by molar-refractivity contribution is -0.385. The van der Waals surface area contributed by atoms with E-state index < -0.39 is 26.4 Å². The average molecular weight is 433 g/mol. The molecule has 2 aromatic rings. The van der Waals surface area contributed by atoms with Crippen molar-refractivity contribution < 1.29 is 27.7 Å². The van der Waals surface area contributed by atoms with Crippen LogP contribution in [0.25, 0.3) is 0 Å². The lowest BCUT2D eigenvalue weighted by Crippen LogP contribution is -2.24. The highest BCUT2D eigenvalue weighted by Gasteiger charge is 2.25. The number of rotatable bonds is 6. The number of benzene rings is 2. The van der Waals surface area contributed by atoms with Gasteiger partial charge in [-0.15, -0.1) is 0 Å². The molecule has 10 nitrogen and oxygen atoms in total. The van der Waals surface area contributed by atoms with Gasteiger partial charge in [-0.3, -0.25) is 19.7 Å². The number of nitro benzene ring substituents is 1. The second-order valence-electron chi connectivity index (χ2n) is 6.73. The first kappa shape index (κ1) is 21.2. The van der Waals surface area contributed by atoms with Gasteiger partial charge in [-0.25, -0.2) is 8.42 Å². The van der Waals surface area contributed by atoms with Crippen molar-refractivity contribution in [1.82, 2.24) is 0 Å². The smallest absolute Gasteiger partial charge is 0.271 e. The van der Waals surface area contributed by atoms with E-state index in [0.717, 1.165) is 24.5 Å². The molecule has 0 bridgehead atoms. The maximum atomic E-state index is 12.7. The fraction of sp³-hybridized carbons (Fsp3) is 0.263. The standard InChI is InChI=1S/C19H19N3O7S/c1-29-17-6-5-13(10-16(17)21-7-3-4-18(21)23)20-19(24)12-8-14(22(25)26)11-15(9-12)30(2,27)28/h5-6,8-11H,3-4,7H2,1-2H3,(H,20,24). The van der Waals surface area contributed by atoms with Crippen molar-refractivity contribution in [2.24, 2.45) is 0 Å². The van der Waals surface area contributed by atoms with Crippen LogP contribution in [-0.2, 0) is 14.6 Å². The Kier molecular flexibility index (Phi) is 5.74. The van der Waals surface area contributed by atoms with Crippen molar-refractivity contribution >= 4 is 38.7 Å². The molecule has 1 fully saturated rings. The molecule has 30 heavy (non-hydrogen) atoms. The molecule has 1 saturated heterocycles. The van der Waals surface area contributed by atoms with Gasteiger partial charge in [0.15, 0.2) is 9.84 Å². The van der Waals surface area contributed by atoms with E-state index in [1.807, 2.05) is 0 Å². The maximum absolute atomic E-state index is 12.7. The van der Waals surface area contributed by atoms with Gasteiger partial charge in [0.05, 0.1) is 22.6 Å². The molecule has 1 N–H and O–H groups in total. The zero-order valence-electron chi connectivity index (χ0n) is 16.2. The van der Waals surface area contributed by atoms with Crippen molar-refractivity contribution in [2.45, 2.75) is 17.7 Å². The van der Waals surface area contributed by atoms with Crippen molar-refractivity contribution in [3.05, 3.63) is 52.1 Å². The number of nitro groups is 1. The van der Waals surface area contributed by atoms with E-state index in [1.165, 1.54) is 7.11 Å². The minimum absolute atomic E-state index is 0.0618. The molecule has 1 heterocycles. The van der Waals surface area contributed by atoms with Crippen molar-refractivity contribution in [3.8, 4) is 5.75 Å². The molecule has 2 aromatic carbocycles. The third-order valence-electron chi connectivity index (χ3n) is 4.59. The molecule has 0 atom stereocenters. The highest BCUT2D eigenvalue weighted by atomic mass is 32.2. The Morgan fingerprint density at radius 2 is 1.97 bits per heavy atom. The third kappa shape index (κ3) is 4.40. The minimum atomic E-state index is -3.77. The minimum Gasteiger partial charge on any atom is -0.495 e. The Labute approximate surface area is 172 Å². The molecule has 0 unspecified atom stereocenters. The molecule has 0 spiro atoms. The van der Waals surface area contributed by atoms with E-state index in [1.54, 1.807) is 23.1 Å². The van der Waals surface area contributed by atoms with Gasteiger partial charge in [0.1, 0.15) is 5.75 Å². The van der Waals surface area contributed by atoms with Crippen LogP contribution in [-0.4, -0.2) is 45.1 Å². The molecular formula is C19H19N3O7S. The van der Waals surface area contributed by atoms with Crippen molar-refractivity contribution in [1.29, 1.82) is 0 Å². The van der Waals surface area contributed by atoms with E-state index in [9.17, 15) is 28.1 Å². The van der Waals surface area contributed by atoms with Crippen LogP contribution in [0.2, 0.25) is 0 Å². The maximum Gasteiger partial charge on any atom is 0.271 e. The number of nitrogens with zero attached hydrogens (tertiary/aromatic N) is 2. The SMILES string of the molecule is COc1ccc(NC(=O)c2cc([N+](=O)[O-])cc(S(C)(=O)=O)c2)cc1N1CCCC1=O. The molecule has 1 aliphatic rings. The van der Waals surface area contributed by atoms with E-state index >= 15 is 0 Å². The van der Waals surface area contributed by atoms with Crippen LogP contribution < -0.4 is 15.0 Å². The van der Waals surface area contributed by atoms with Crippen LogP contribution in [0.4, 0.5) is 17.1 Å². The van der Waals surface area contributed by atoms with Gasteiger partial charge in [-0.1, -0.05) is 0 Å². The number of hydrogen-bond acceptors (Lipinski definition) is 7. The third-order valence-corrected chi connectivity index (χ3v) is 5.69. The number of carbonyl (C=O) groups excluding carboxylic acids is 2. The summed E-state index contributed by atoms with van der Waals surface area (Å²) in [7, 11) is -2.30. The number of carbonyl (C=O) groups is 2. The molecule has 1 aliphatic heterocycles. The Morgan fingerprint density at radius 1 is 1.23 bits per heavy atom. The van der Waals surface area contributed by atoms with Gasteiger partial charge in [-0.2, -0.15) is 0 Å². The summed E-state index contributed by atoms with van der Waals surface area (Å²) in [5.41, 5.74) is 0.122. The summed E-state index contributed by atoms with van der Waals surface area (Å²) < 4.78 is 29.0. The molecule has 2 amide bonds. The van der Waals surface area contributed by atoms with E-state index in [0.29, 0.717) is 36.5 Å². The first-order valence-electron chi connectivity index (χ1n) is 8.89. The Morgan fingerprint density at radius 3 is 2.53 bits per heavy atom. The van der Waals surface area contributed by atoms with E-state index in [4.69, 9.17) is 4.74 Å². The number of anilines is 2. The largest absolute Gasteiger partial charge is 0.495 e. The van der Waals surface area contributed by atoms with Gasteiger partial charge in [0.25, 0.3) is 11.6 Å². The zero-order chi connectivity index (χ0) is 22.1. The lowest BCUT2D eigenvalue weighted by atomic mass is 10.1. The Bertz CT molecular complexity index is 1140. The number of non-ortho nitro benzene ring substituents is 1. The summed E-state index contributed by atoms with van der Waals surface area (Å²) in [6.07, 6.45) is 2.03. The van der Waals surface area contributed by atoms with Gasteiger partial charge in [0.2, 0.25) is 5.91 Å². The highest BCUT2D eigenvalue weighted by Crippen LogP contribution is 2.34. The fourth-order valence-electron chi connectivity index (χ4n) is 3.12. The molecule has 158 valence electrons. The quantitative estimate of drug-likeness (QED) is 0.545. The summed E-state index contributed by atoms with van der Waals surface area (Å²) in [5.74, 6) is -0.335. The molecule has 0 aliphatic carbocycles. The van der Waals surface area contributed by atoms with Crippen molar-refractivity contribution in [3.63, 3.8) is 0 Å². The first-order chi connectivity index (χ1) is 14.1. The van der Waals surface area contributed by atoms with Crippen LogP contribution in [0.15, 0.2) is 41.3 Å². The van der Waals surface area contributed by atoms with Gasteiger partial charge in [-0.05, 0) is 30.7 Å². The summed E-state index contributed by atoms with van der Waals surface area (Å²) in [4.78, 5) is 36.4. The number of hydrogen-bond donors (Lipinski definition) is 1. The Balaban J connectivity index is 1.95. The summed E-state index contributed by atoms with van der Waals surface area (Å²) >= 11 is 0. The predicted octanol–water partition coefficient (Wildman–Crippen LogP) is 2.39. The van der Waals surface area contributed by atoms with Crippen LogP contribution in [0.3, 0.4) is 0 Å². The summed E-state index contributed by atoms with van der Waals surface area (Å²) in [6, 6.07) is 7.68. The molecule has 3 rings (SSSR count). The van der Waals surface area contributed by atoms with E-state index in [-0.39, 0.29) is 16.4 Å². The lowest BCUT2D eigenvalue weighted by Gasteiger charge is -2.20. The molecular weight excluding hydrogens is 414 g/mol. The van der Waals surface area contributed by atoms with Crippen LogP contribution in [0, 0.1) is 10.1 Å². The summed E-state index contributed by atoms with van der Waals surface area (Å²) in [6.45, 7) is 0.523. The molecule has 0 aromatic heterocycles. The van der Waals surface area contributed by atoms with Gasteiger partial charge < -0.3 is 15.0 Å². The Hall–Kier alpha value is -3.47. The van der Waals surface area contributed by atoms with Crippen LogP contribution >= 0.6 is 0 Å². The second-order valence-corrected chi connectivity index (χ2v) is 8.75. The monoisotopic (exact) mass is 433 g/mol.